The molecule has 1 fully saturated rings. The molecule has 3 rings (SSSR count). The van der Waals surface area contributed by atoms with Gasteiger partial charge in [0, 0.05) is 11.4 Å². The molecule has 2 heterocycles. The van der Waals surface area contributed by atoms with Crippen LogP contribution in [-0.2, 0) is 11.2 Å². The monoisotopic (exact) mass is 290 g/mol. The van der Waals surface area contributed by atoms with Gasteiger partial charge in [0.1, 0.15) is 0 Å². The number of thioether (sulfide) groups is 1. The molecule has 1 N–H and O–H groups in total. The molecule has 1 unspecified atom stereocenters. The minimum atomic E-state index is 0.0687. The lowest BCUT2D eigenvalue weighted by molar-refractivity contribution is -0.120. The van der Waals surface area contributed by atoms with Crippen LogP contribution < -0.4 is 5.32 Å². The van der Waals surface area contributed by atoms with Crippen LogP contribution in [0.15, 0.2) is 29.2 Å². The molecule has 1 amide bonds. The summed E-state index contributed by atoms with van der Waals surface area (Å²) < 4.78 is 0. The predicted molar refractivity (Wildman–Crippen MR) is 83.1 cm³/mol. The van der Waals surface area contributed by atoms with E-state index in [2.05, 4.69) is 28.4 Å². The zero-order valence-electron chi connectivity index (χ0n) is 11.8. The van der Waals surface area contributed by atoms with Crippen molar-refractivity contribution in [2.45, 2.75) is 35.8 Å². The summed E-state index contributed by atoms with van der Waals surface area (Å²) in [5, 5.41) is 3.17. The van der Waals surface area contributed by atoms with Gasteiger partial charge in [0.15, 0.2) is 0 Å². The third-order valence-electron chi connectivity index (χ3n) is 4.09. The highest BCUT2D eigenvalue weighted by Crippen LogP contribution is 2.36. The average molecular weight is 290 g/mol. The van der Waals surface area contributed by atoms with Gasteiger partial charge in [0.25, 0.3) is 0 Å². The summed E-state index contributed by atoms with van der Waals surface area (Å²) in [5.41, 5.74) is 1.31. The Kier molecular flexibility index (Phi) is 4.63. The lowest BCUT2D eigenvalue weighted by atomic mass is 10.1. The number of amides is 1. The van der Waals surface area contributed by atoms with Crippen LogP contribution in [0, 0.1) is 0 Å². The van der Waals surface area contributed by atoms with Gasteiger partial charge in [0.2, 0.25) is 5.91 Å². The van der Waals surface area contributed by atoms with Gasteiger partial charge in [-0.1, -0.05) is 18.2 Å². The standard InChI is InChI=1S/C16H22N2OS/c19-16(17-8-5-11-18-9-3-4-10-18)15-12-13-6-1-2-7-14(13)20-15/h1-2,6-7,15H,3-5,8-12H2,(H,17,19). The fourth-order valence-electron chi connectivity index (χ4n) is 2.96. The molecule has 0 radical (unpaired) electrons. The molecule has 2 aliphatic heterocycles. The summed E-state index contributed by atoms with van der Waals surface area (Å²) in [6.45, 7) is 4.41. The third kappa shape index (κ3) is 3.36. The molecular weight excluding hydrogens is 268 g/mol. The van der Waals surface area contributed by atoms with Crippen molar-refractivity contribution in [2.75, 3.05) is 26.2 Å². The van der Waals surface area contributed by atoms with Gasteiger partial charge in [0.05, 0.1) is 5.25 Å². The minimum Gasteiger partial charge on any atom is -0.355 e. The van der Waals surface area contributed by atoms with Crippen LogP contribution in [-0.4, -0.2) is 42.2 Å². The molecule has 1 atom stereocenters. The van der Waals surface area contributed by atoms with E-state index in [1.54, 1.807) is 11.8 Å². The molecule has 1 aromatic carbocycles. The first-order valence-electron chi connectivity index (χ1n) is 7.57. The molecule has 0 aliphatic carbocycles. The van der Waals surface area contributed by atoms with Crippen LogP contribution in [0.4, 0.5) is 0 Å². The molecule has 20 heavy (non-hydrogen) atoms. The summed E-state index contributed by atoms with van der Waals surface area (Å²) >= 11 is 1.71. The van der Waals surface area contributed by atoms with Gasteiger partial charge in [-0.3, -0.25) is 4.79 Å². The van der Waals surface area contributed by atoms with Crippen molar-refractivity contribution >= 4 is 17.7 Å². The number of hydrogen-bond donors (Lipinski definition) is 1. The summed E-state index contributed by atoms with van der Waals surface area (Å²) in [6, 6.07) is 8.33. The van der Waals surface area contributed by atoms with E-state index < -0.39 is 0 Å². The Hall–Kier alpha value is -1.00. The number of carbonyl (C=O) groups is 1. The van der Waals surface area contributed by atoms with E-state index in [1.807, 2.05) is 6.07 Å². The third-order valence-corrected chi connectivity index (χ3v) is 5.41. The Balaban J connectivity index is 1.38. The van der Waals surface area contributed by atoms with Crippen LogP contribution in [0.5, 0.6) is 0 Å². The van der Waals surface area contributed by atoms with Crippen LogP contribution in [0.2, 0.25) is 0 Å². The van der Waals surface area contributed by atoms with Gasteiger partial charge < -0.3 is 10.2 Å². The van der Waals surface area contributed by atoms with Crippen molar-refractivity contribution < 1.29 is 4.79 Å². The summed E-state index contributed by atoms with van der Waals surface area (Å²) in [7, 11) is 0. The van der Waals surface area contributed by atoms with Crippen molar-refractivity contribution in [1.29, 1.82) is 0 Å². The summed E-state index contributed by atoms with van der Waals surface area (Å²) in [5.74, 6) is 0.202. The highest BCUT2D eigenvalue weighted by molar-refractivity contribution is 8.01. The molecule has 108 valence electrons. The molecule has 1 aromatic rings. The molecule has 4 heteroatoms. The highest BCUT2D eigenvalue weighted by Gasteiger charge is 2.27. The number of hydrogen-bond acceptors (Lipinski definition) is 3. The summed E-state index contributed by atoms with van der Waals surface area (Å²) in [4.78, 5) is 15.9. The van der Waals surface area contributed by atoms with E-state index in [0.717, 1.165) is 25.9 Å². The second-order valence-corrected chi connectivity index (χ2v) is 6.86. The first kappa shape index (κ1) is 14.0. The zero-order valence-corrected chi connectivity index (χ0v) is 12.6. The molecule has 0 aromatic heterocycles. The van der Waals surface area contributed by atoms with Crippen molar-refractivity contribution in [2.24, 2.45) is 0 Å². The van der Waals surface area contributed by atoms with Crippen molar-refractivity contribution in [3.05, 3.63) is 29.8 Å². The lowest BCUT2D eigenvalue weighted by Gasteiger charge is -2.15. The Bertz CT molecular complexity index is 446. The second kappa shape index (κ2) is 6.64. The number of likely N-dealkylation sites (tertiary alicyclic amines) is 1. The van der Waals surface area contributed by atoms with E-state index >= 15 is 0 Å². The van der Waals surface area contributed by atoms with Crippen molar-refractivity contribution in [3.63, 3.8) is 0 Å². The predicted octanol–water partition coefficient (Wildman–Crippen LogP) is 2.31. The zero-order chi connectivity index (χ0) is 13.8. The smallest absolute Gasteiger partial charge is 0.233 e. The normalized spacial score (nSPS) is 21.9. The van der Waals surface area contributed by atoms with E-state index in [9.17, 15) is 4.79 Å². The quantitative estimate of drug-likeness (QED) is 0.845. The number of nitrogens with zero attached hydrogens (tertiary/aromatic N) is 1. The topological polar surface area (TPSA) is 32.3 Å². The van der Waals surface area contributed by atoms with Gasteiger partial charge in [-0.15, -0.1) is 11.8 Å². The number of rotatable bonds is 5. The fraction of sp³-hybridized carbons (Fsp3) is 0.562. The molecule has 1 saturated heterocycles. The minimum absolute atomic E-state index is 0.0687. The largest absolute Gasteiger partial charge is 0.355 e. The van der Waals surface area contributed by atoms with Gasteiger partial charge in [-0.2, -0.15) is 0 Å². The maximum Gasteiger partial charge on any atom is 0.233 e. The highest BCUT2D eigenvalue weighted by atomic mass is 32.2. The Morgan fingerprint density at radius 2 is 2.10 bits per heavy atom. The number of carbonyl (C=O) groups excluding carboxylic acids is 1. The molecule has 0 saturated carbocycles. The molecular formula is C16H22N2OS. The maximum absolute atomic E-state index is 12.2. The first-order chi connectivity index (χ1) is 9.83. The van der Waals surface area contributed by atoms with Gasteiger partial charge in [-0.05, 0) is 56.9 Å². The molecule has 2 aliphatic rings. The number of nitrogens with one attached hydrogen (secondary N) is 1. The Morgan fingerprint density at radius 3 is 2.90 bits per heavy atom. The van der Waals surface area contributed by atoms with E-state index in [4.69, 9.17) is 0 Å². The van der Waals surface area contributed by atoms with Crippen molar-refractivity contribution in [3.8, 4) is 0 Å². The number of fused-ring (bicyclic) bond motifs is 1. The van der Waals surface area contributed by atoms with E-state index in [1.165, 1.54) is 36.4 Å². The number of benzene rings is 1. The van der Waals surface area contributed by atoms with E-state index in [-0.39, 0.29) is 11.2 Å². The Labute approximate surface area is 125 Å². The molecule has 3 nitrogen and oxygen atoms in total. The molecule has 0 bridgehead atoms. The van der Waals surface area contributed by atoms with Crippen molar-refractivity contribution in [1.82, 2.24) is 10.2 Å². The van der Waals surface area contributed by atoms with Crippen LogP contribution in [0.3, 0.4) is 0 Å². The maximum atomic E-state index is 12.2. The Morgan fingerprint density at radius 1 is 1.30 bits per heavy atom. The molecule has 0 spiro atoms. The van der Waals surface area contributed by atoms with Crippen LogP contribution >= 0.6 is 11.8 Å². The van der Waals surface area contributed by atoms with Gasteiger partial charge in [-0.25, -0.2) is 0 Å². The first-order valence-corrected chi connectivity index (χ1v) is 8.45. The lowest BCUT2D eigenvalue weighted by Crippen LogP contribution is -2.34. The van der Waals surface area contributed by atoms with Crippen LogP contribution in [0.1, 0.15) is 24.8 Å². The fourth-order valence-corrected chi connectivity index (χ4v) is 4.18. The summed E-state index contributed by atoms with van der Waals surface area (Å²) in [6.07, 6.45) is 4.61. The second-order valence-electron chi connectivity index (χ2n) is 5.61. The van der Waals surface area contributed by atoms with Gasteiger partial charge >= 0.3 is 0 Å². The average Bonchev–Trinajstić information content (AvgIpc) is 3.12. The van der Waals surface area contributed by atoms with E-state index in [0.29, 0.717) is 0 Å². The van der Waals surface area contributed by atoms with Crippen LogP contribution in [0.25, 0.3) is 0 Å². The SMILES string of the molecule is O=C(NCCCN1CCCC1)C1Cc2ccccc2S1.